The van der Waals surface area contributed by atoms with Gasteiger partial charge in [0.2, 0.25) is 0 Å². The van der Waals surface area contributed by atoms with Crippen LogP contribution >= 0.6 is 15.9 Å². The van der Waals surface area contributed by atoms with Crippen molar-refractivity contribution >= 4 is 15.9 Å². The predicted molar refractivity (Wildman–Crippen MR) is 78.3 cm³/mol. The summed E-state index contributed by atoms with van der Waals surface area (Å²) in [6.07, 6.45) is 0.0189. The van der Waals surface area contributed by atoms with Gasteiger partial charge in [-0.1, -0.05) is 35.8 Å². The monoisotopic (exact) mass is 315 g/mol. The van der Waals surface area contributed by atoms with Crippen molar-refractivity contribution in [3.63, 3.8) is 0 Å². The first-order valence-corrected chi connectivity index (χ1v) is 6.97. The van der Waals surface area contributed by atoms with Gasteiger partial charge < -0.3 is 14.8 Å². The van der Waals surface area contributed by atoms with Crippen molar-refractivity contribution in [3.8, 4) is 5.75 Å². The SMILES string of the molecule is COCC(CNC(C)C)Oc1cc(Br)ccc1C. The van der Waals surface area contributed by atoms with Gasteiger partial charge in [-0.15, -0.1) is 0 Å². The summed E-state index contributed by atoms with van der Waals surface area (Å²) in [4.78, 5) is 0. The van der Waals surface area contributed by atoms with Crippen molar-refractivity contribution in [2.75, 3.05) is 20.3 Å². The maximum Gasteiger partial charge on any atom is 0.134 e. The zero-order chi connectivity index (χ0) is 13.5. The first-order valence-electron chi connectivity index (χ1n) is 6.18. The zero-order valence-electron chi connectivity index (χ0n) is 11.5. The molecule has 0 saturated carbocycles. The summed E-state index contributed by atoms with van der Waals surface area (Å²) in [5.41, 5.74) is 1.13. The Balaban J connectivity index is 2.66. The van der Waals surface area contributed by atoms with Gasteiger partial charge >= 0.3 is 0 Å². The second-order valence-electron chi connectivity index (χ2n) is 4.67. The van der Waals surface area contributed by atoms with Gasteiger partial charge in [-0.25, -0.2) is 0 Å². The van der Waals surface area contributed by atoms with Gasteiger partial charge in [0, 0.05) is 24.2 Å². The largest absolute Gasteiger partial charge is 0.486 e. The smallest absolute Gasteiger partial charge is 0.134 e. The standard InChI is InChI=1S/C14H22BrNO2/c1-10(2)16-8-13(9-17-4)18-14-7-12(15)6-5-11(14)3/h5-7,10,13,16H,8-9H2,1-4H3. The minimum atomic E-state index is 0.0189. The second-order valence-corrected chi connectivity index (χ2v) is 5.58. The van der Waals surface area contributed by atoms with Crippen LogP contribution in [0.15, 0.2) is 22.7 Å². The van der Waals surface area contributed by atoms with Crippen molar-refractivity contribution in [1.29, 1.82) is 0 Å². The molecule has 1 atom stereocenters. The van der Waals surface area contributed by atoms with Crippen molar-refractivity contribution in [1.82, 2.24) is 5.32 Å². The summed E-state index contributed by atoms with van der Waals surface area (Å²) in [6, 6.07) is 6.49. The lowest BCUT2D eigenvalue weighted by Crippen LogP contribution is -2.38. The number of rotatable bonds is 7. The van der Waals surface area contributed by atoms with Gasteiger partial charge in [-0.2, -0.15) is 0 Å². The minimum Gasteiger partial charge on any atom is -0.486 e. The highest BCUT2D eigenvalue weighted by Crippen LogP contribution is 2.23. The fourth-order valence-corrected chi connectivity index (χ4v) is 1.91. The minimum absolute atomic E-state index is 0.0189. The second kappa shape index (κ2) is 7.77. The van der Waals surface area contributed by atoms with Crippen LogP contribution in [0.1, 0.15) is 19.4 Å². The fraction of sp³-hybridized carbons (Fsp3) is 0.571. The van der Waals surface area contributed by atoms with E-state index in [4.69, 9.17) is 9.47 Å². The van der Waals surface area contributed by atoms with E-state index in [9.17, 15) is 0 Å². The van der Waals surface area contributed by atoms with E-state index in [-0.39, 0.29) is 6.10 Å². The number of halogens is 1. The highest BCUT2D eigenvalue weighted by molar-refractivity contribution is 9.10. The maximum absolute atomic E-state index is 6.00. The quantitative estimate of drug-likeness (QED) is 0.838. The summed E-state index contributed by atoms with van der Waals surface area (Å²) in [5, 5.41) is 3.37. The highest BCUT2D eigenvalue weighted by atomic mass is 79.9. The van der Waals surface area contributed by atoms with Crippen LogP contribution < -0.4 is 10.1 Å². The molecule has 0 heterocycles. The molecule has 0 bridgehead atoms. The average Bonchev–Trinajstić information content (AvgIpc) is 2.31. The zero-order valence-corrected chi connectivity index (χ0v) is 13.1. The molecule has 1 N–H and O–H groups in total. The molecule has 0 aliphatic carbocycles. The fourth-order valence-electron chi connectivity index (χ4n) is 1.57. The van der Waals surface area contributed by atoms with Crippen LogP contribution in [0.4, 0.5) is 0 Å². The molecule has 0 amide bonds. The van der Waals surface area contributed by atoms with Crippen molar-refractivity contribution in [2.24, 2.45) is 0 Å². The molecular formula is C14H22BrNO2. The van der Waals surface area contributed by atoms with Gasteiger partial charge in [-0.3, -0.25) is 0 Å². The predicted octanol–water partition coefficient (Wildman–Crippen LogP) is 3.15. The van der Waals surface area contributed by atoms with E-state index in [1.165, 1.54) is 0 Å². The van der Waals surface area contributed by atoms with Crippen LogP contribution in [-0.2, 0) is 4.74 Å². The molecule has 0 aromatic heterocycles. The Hall–Kier alpha value is -0.580. The molecule has 0 radical (unpaired) electrons. The number of methoxy groups -OCH3 is 1. The molecule has 0 fully saturated rings. The number of aryl methyl sites for hydroxylation is 1. The molecule has 0 spiro atoms. The molecule has 0 saturated heterocycles. The third-order valence-electron chi connectivity index (χ3n) is 2.55. The lowest BCUT2D eigenvalue weighted by atomic mass is 10.2. The summed E-state index contributed by atoms with van der Waals surface area (Å²) < 4.78 is 12.2. The third-order valence-corrected chi connectivity index (χ3v) is 3.04. The lowest BCUT2D eigenvalue weighted by Gasteiger charge is -2.21. The van der Waals surface area contributed by atoms with Gasteiger partial charge in [0.1, 0.15) is 11.9 Å². The van der Waals surface area contributed by atoms with Gasteiger partial charge in [0.25, 0.3) is 0 Å². The Labute approximate surface area is 118 Å². The van der Waals surface area contributed by atoms with Crippen LogP contribution in [0.2, 0.25) is 0 Å². The molecule has 1 rings (SSSR count). The molecule has 18 heavy (non-hydrogen) atoms. The summed E-state index contributed by atoms with van der Waals surface area (Å²) in [7, 11) is 1.69. The van der Waals surface area contributed by atoms with Crippen molar-refractivity contribution in [2.45, 2.75) is 32.9 Å². The summed E-state index contributed by atoms with van der Waals surface area (Å²) in [6.45, 7) is 7.63. The molecule has 102 valence electrons. The molecule has 3 nitrogen and oxygen atoms in total. The van der Waals surface area contributed by atoms with Gasteiger partial charge in [0.05, 0.1) is 6.61 Å². The molecule has 4 heteroatoms. The van der Waals surface area contributed by atoms with Gasteiger partial charge in [0.15, 0.2) is 0 Å². The van der Waals surface area contributed by atoms with E-state index in [0.29, 0.717) is 12.6 Å². The lowest BCUT2D eigenvalue weighted by molar-refractivity contribution is 0.0789. The summed E-state index contributed by atoms with van der Waals surface area (Å²) in [5.74, 6) is 0.900. The topological polar surface area (TPSA) is 30.5 Å². The molecular weight excluding hydrogens is 294 g/mol. The van der Waals surface area contributed by atoms with Crippen LogP contribution in [-0.4, -0.2) is 32.4 Å². The van der Waals surface area contributed by atoms with Crippen LogP contribution in [0.3, 0.4) is 0 Å². The molecule has 1 aromatic rings. The van der Waals surface area contributed by atoms with E-state index in [2.05, 4.69) is 35.1 Å². The Kier molecular flexibility index (Phi) is 6.68. The van der Waals surface area contributed by atoms with Crippen LogP contribution in [0.25, 0.3) is 0 Å². The number of hydrogen-bond acceptors (Lipinski definition) is 3. The van der Waals surface area contributed by atoms with E-state index in [1.54, 1.807) is 7.11 Å². The van der Waals surface area contributed by atoms with E-state index in [1.807, 2.05) is 25.1 Å². The number of hydrogen-bond donors (Lipinski definition) is 1. The van der Waals surface area contributed by atoms with Crippen molar-refractivity contribution < 1.29 is 9.47 Å². The Bertz CT molecular complexity index is 369. The van der Waals surface area contributed by atoms with E-state index in [0.717, 1.165) is 22.3 Å². The van der Waals surface area contributed by atoms with Crippen LogP contribution in [0, 0.1) is 6.92 Å². The third kappa shape index (κ3) is 5.38. The first kappa shape index (κ1) is 15.5. The van der Waals surface area contributed by atoms with Gasteiger partial charge in [-0.05, 0) is 24.6 Å². The van der Waals surface area contributed by atoms with E-state index >= 15 is 0 Å². The first-order chi connectivity index (χ1) is 8.52. The molecule has 0 aliphatic heterocycles. The average molecular weight is 316 g/mol. The Morgan fingerprint density at radius 1 is 1.33 bits per heavy atom. The van der Waals surface area contributed by atoms with Crippen molar-refractivity contribution in [3.05, 3.63) is 28.2 Å². The Morgan fingerprint density at radius 3 is 2.67 bits per heavy atom. The van der Waals surface area contributed by atoms with E-state index < -0.39 is 0 Å². The number of nitrogens with one attached hydrogen (secondary N) is 1. The normalized spacial score (nSPS) is 12.8. The maximum atomic E-state index is 6.00. The number of ether oxygens (including phenoxy) is 2. The summed E-state index contributed by atoms with van der Waals surface area (Å²) >= 11 is 3.46. The molecule has 0 aliphatic rings. The molecule has 1 unspecified atom stereocenters. The molecule has 1 aromatic carbocycles. The van der Waals surface area contributed by atoms with Crippen LogP contribution in [0.5, 0.6) is 5.75 Å². The number of benzene rings is 1. The highest BCUT2D eigenvalue weighted by Gasteiger charge is 2.12. The Morgan fingerprint density at radius 2 is 2.06 bits per heavy atom.